The molecule has 0 fully saturated rings. The van der Waals surface area contributed by atoms with Gasteiger partial charge in [0.1, 0.15) is 35.6 Å². The van der Waals surface area contributed by atoms with Gasteiger partial charge in [-0.15, -0.1) is 0 Å². The molecule has 1 heterocycles. The fourth-order valence-corrected chi connectivity index (χ4v) is 3.46. The summed E-state index contributed by atoms with van der Waals surface area (Å²) >= 11 is 6.07. The normalized spacial score (nSPS) is 13.4. The highest BCUT2D eigenvalue weighted by atomic mass is 35.5. The van der Waals surface area contributed by atoms with E-state index in [9.17, 15) is 13.9 Å². The van der Waals surface area contributed by atoms with E-state index in [-0.39, 0.29) is 18.7 Å². The Morgan fingerprint density at radius 2 is 2.03 bits per heavy atom. The van der Waals surface area contributed by atoms with Crippen molar-refractivity contribution < 1.29 is 18.6 Å². The minimum Gasteiger partial charge on any atom is -0.492 e. The number of aliphatic hydroxyl groups is 1. The van der Waals surface area contributed by atoms with Crippen LogP contribution in [0.2, 0.25) is 5.02 Å². The molecule has 0 bridgehead atoms. The van der Waals surface area contributed by atoms with Crippen LogP contribution >= 0.6 is 11.6 Å². The lowest BCUT2D eigenvalue weighted by Gasteiger charge is -2.33. The lowest BCUT2D eigenvalue weighted by Crippen LogP contribution is -2.43. The van der Waals surface area contributed by atoms with Crippen molar-refractivity contribution in [2.45, 2.75) is 18.6 Å². The largest absolute Gasteiger partial charge is 0.492 e. The molecular weight excluding hydrogens is 414 g/mol. The molecule has 160 valence electrons. The van der Waals surface area contributed by atoms with E-state index in [1.54, 1.807) is 12.1 Å². The van der Waals surface area contributed by atoms with E-state index in [2.05, 4.69) is 10.1 Å². The maximum atomic E-state index is 14.5. The predicted molar refractivity (Wildman–Crippen MR) is 109 cm³/mol. The highest BCUT2D eigenvalue weighted by Crippen LogP contribution is 2.28. The Kier molecular flexibility index (Phi) is 7.36. The molecule has 9 heteroatoms. The lowest BCUT2D eigenvalue weighted by atomic mass is 9.92. The molecule has 1 N–H and O–H groups in total. The molecule has 0 aliphatic carbocycles. The second-order valence-corrected chi connectivity index (χ2v) is 7.53. The van der Waals surface area contributed by atoms with Crippen molar-refractivity contribution in [2.24, 2.45) is 0 Å². The Labute approximate surface area is 178 Å². The molecule has 3 aromatic rings. The lowest BCUT2D eigenvalue weighted by molar-refractivity contribution is -0.0165. The van der Waals surface area contributed by atoms with Gasteiger partial charge in [0.25, 0.3) is 0 Å². The molecule has 0 spiro atoms. The molecule has 1 unspecified atom stereocenters. The van der Waals surface area contributed by atoms with Crippen molar-refractivity contribution in [3.8, 4) is 5.75 Å². The van der Waals surface area contributed by atoms with Crippen LogP contribution in [-0.4, -0.2) is 51.5 Å². The maximum Gasteiger partial charge on any atom is 0.137 e. The predicted octanol–water partition coefficient (Wildman–Crippen LogP) is 3.50. The maximum absolute atomic E-state index is 14.5. The standard InChI is InChI=1S/C21H23ClF2N4O2/c1-27(9-4-10-30-20-6-3-2-5-18(20)22)12-21(29,13-28-15-25-14-26-28)17-8-7-16(23)11-19(17)24/h2-3,5-8,11,14-15,29H,4,9-10,12-13H2,1H3. The van der Waals surface area contributed by atoms with Crippen LogP contribution in [0.5, 0.6) is 5.75 Å². The second-order valence-electron chi connectivity index (χ2n) is 7.12. The van der Waals surface area contributed by atoms with Crippen molar-refractivity contribution in [2.75, 3.05) is 26.7 Å². The Bertz CT molecular complexity index is 958. The van der Waals surface area contributed by atoms with E-state index in [1.807, 2.05) is 24.1 Å². The fraction of sp³-hybridized carbons (Fsp3) is 0.333. The molecular formula is C21H23ClF2N4O2. The van der Waals surface area contributed by atoms with Gasteiger partial charge < -0.3 is 14.7 Å². The molecule has 0 saturated heterocycles. The summed E-state index contributed by atoms with van der Waals surface area (Å²) in [4.78, 5) is 5.72. The third-order valence-electron chi connectivity index (χ3n) is 4.63. The summed E-state index contributed by atoms with van der Waals surface area (Å²) in [7, 11) is 1.81. The van der Waals surface area contributed by atoms with Gasteiger partial charge in [-0.2, -0.15) is 5.10 Å². The number of likely N-dealkylation sites (N-methyl/N-ethyl adjacent to an activating group) is 1. The molecule has 1 atom stereocenters. The molecule has 2 aromatic carbocycles. The first-order valence-corrected chi connectivity index (χ1v) is 9.81. The van der Waals surface area contributed by atoms with E-state index in [1.165, 1.54) is 23.4 Å². The fourth-order valence-electron chi connectivity index (χ4n) is 3.27. The molecule has 3 rings (SSSR count). The highest BCUT2D eigenvalue weighted by molar-refractivity contribution is 6.32. The Morgan fingerprint density at radius 1 is 1.23 bits per heavy atom. The molecule has 6 nitrogen and oxygen atoms in total. The van der Waals surface area contributed by atoms with Gasteiger partial charge in [0.05, 0.1) is 18.2 Å². The van der Waals surface area contributed by atoms with E-state index in [0.29, 0.717) is 30.3 Å². The van der Waals surface area contributed by atoms with Gasteiger partial charge in [-0.3, -0.25) is 0 Å². The average molecular weight is 437 g/mol. The molecule has 0 radical (unpaired) electrons. The van der Waals surface area contributed by atoms with Crippen LogP contribution in [0.1, 0.15) is 12.0 Å². The van der Waals surface area contributed by atoms with Gasteiger partial charge >= 0.3 is 0 Å². The van der Waals surface area contributed by atoms with Crippen LogP contribution in [0.3, 0.4) is 0 Å². The number of benzene rings is 2. The van der Waals surface area contributed by atoms with Crippen molar-refractivity contribution in [1.82, 2.24) is 19.7 Å². The highest BCUT2D eigenvalue weighted by Gasteiger charge is 2.34. The first kappa shape index (κ1) is 22.1. The van der Waals surface area contributed by atoms with Gasteiger partial charge in [0, 0.05) is 24.7 Å². The molecule has 0 aliphatic heterocycles. The summed E-state index contributed by atoms with van der Waals surface area (Å²) in [6.07, 6.45) is 3.42. The number of para-hydroxylation sites is 1. The van der Waals surface area contributed by atoms with Gasteiger partial charge in [-0.25, -0.2) is 18.4 Å². The third kappa shape index (κ3) is 5.75. The number of rotatable bonds is 10. The average Bonchev–Trinajstić information content (AvgIpc) is 3.19. The Balaban J connectivity index is 1.64. The van der Waals surface area contributed by atoms with Crippen LogP contribution in [0, 0.1) is 11.6 Å². The summed E-state index contributed by atoms with van der Waals surface area (Å²) in [5.74, 6) is -0.907. The molecule has 0 aliphatic rings. The quantitative estimate of drug-likeness (QED) is 0.493. The smallest absolute Gasteiger partial charge is 0.137 e. The second kappa shape index (κ2) is 9.97. The minimum atomic E-state index is -1.64. The summed E-state index contributed by atoms with van der Waals surface area (Å²) in [6.45, 7) is 1.07. The first-order chi connectivity index (χ1) is 14.4. The summed E-state index contributed by atoms with van der Waals surface area (Å²) in [5.41, 5.74) is -1.64. The zero-order valence-corrected chi connectivity index (χ0v) is 17.3. The summed E-state index contributed by atoms with van der Waals surface area (Å²) in [6, 6.07) is 10.4. The number of nitrogens with zero attached hydrogens (tertiary/aromatic N) is 4. The zero-order chi connectivity index (χ0) is 21.6. The SMILES string of the molecule is CN(CCCOc1ccccc1Cl)CC(O)(Cn1cncn1)c1ccc(F)cc1F. The summed E-state index contributed by atoms with van der Waals surface area (Å²) < 4.78 is 34.9. The molecule has 30 heavy (non-hydrogen) atoms. The van der Waals surface area contributed by atoms with Gasteiger partial charge in [-0.05, 0) is 31.7 Å². The van der Waals surface area contributed by atoms with E-state index >= 15 is 0 Å². The third-order valence-corrected chi connectivity index (χ3v) is 4.94. The molecule has 0 saturated carbocycles. The van der Waals surface area contributed by atoms with Crippen LogP contribution < -0.4 is 4.74 Å². The minimum absolute atomic E-state index is 0.00133. The van der Waals surface area contributed by atoms with Gasteiger partial charge in [0.15, 0.2) is 0 Å². The first-order valence-electron chi connectivity index (χ1n) is 9.43. The van der Waals surface area contributed by atoms with Crippen LogP contribution in [0.15, 0.2) is 55.1 Å². The van der Waals surface area contributed by atoms with Crippen LogP contribution in [0.25, 0.3) is 0 Å². The number of ether oxygens (including phenoxy) is 1. The van der Waals surface area contributed by atoms with E-state index in [4.69, 9.17) is 16.3 Å². The Morgan fingerprint density at radius 3 is 2.73 bits per heavy atom. The summed E-state index contributed by atoms with van der Waals surface area (Å²) in [5, 5.41) is 15.9. The van der Waals surface area contributed by atoms with Crippen molar-refractivity contribution in [1.29, 1.82) is 0 Å². The molecule has 1 aromatic heterocycles. The van der Waals surface area contributed by atoms with Crippen LogP contribution in [-0.2, 0) is 12.1 Å². The van der Waals surface area contributed by atoms with Gasteiger partial charge in [0.2, 0.25) is 0 Å². The number of aromatic nitrogens is 3. The van der Waals surface area contributed by atoms with E-state index in [0.717, 1.165) is 12.1 Å². The number of hydrogen-bond acceptors (Lipinski definition) is 5. The monoisotopic (exact) mass is 436 g/mol. The van der Waals surface area contributed by atoms with Crippen molar-refractivity contribution in [3.63, 3.8) is 0 Å². The van der Waals surface area contributed by atoms with Gasteiger partial charge in [-0.1, -0.05) is 29.8 Å². The van der Waals surface area contributed by atoms with Crippen molar-refractivity contribution >= 4 is 11.6 Å². The van der Waals surface area contributed by atoms with Crippen LogP contribution in [0.4, 0.5) is 8.78 Å². The topological polar surface area (TPSA) is 63.4 Å². The Hall–Kier alpha value is -2.55. The number of hydrogen-bond donors (Lipinski definition) is 1. The van der Waals surface area contributed by atoms with E-state index < -0.39 is 17.2 Å². The number of halogens is 3. The van der Waals surface area contributed by atoms with Crippen molar-refractivity contribution in [3.05, 3.63) is 77.3 Å². The molecule has 0 amide bonds. The zero-order valence-electron chi connectivity index (χ0n) is 16.5.